The van der Waals surface area contributed by atoms with E-state index in [1.165, 1.54) is 6.21 Å². The van der Waals surface area contributed by atoms with Gasteiger partial charge in [-0.15, -0.1) is 0 Å². The summed E-state index contributed by atoms with van der Waals surface area (Å²) in [7, 11) is 0. The molecule has 2 N–H and O–H groups in total. The molecule has 0 spiro atoms. The molecule has 2 saturated heterocycles. The van der Waals surface area contributed by atoms with Gasteiger partial charge in [0.25, 0.3) is 0 Å². The maximum atomic E-state index is 12.0. The maximum Gasteiger partial charge on any atom is 0.351 e. The molecule has 3 aliphatic rings. The molecule has 0 aliphatic carbocycles. The molecule has 3 rings (SSSR count). The van der Waals surface area contributed by atoms with E-state index in [2.05, 4.69) is 71.1 Å². The lowest BCUT2D eigenvalue weighted by molar-refractivity contribution is -0.134. The van der Waals surface area contributed by atoms with Gasteiger partial charge in [-0.2, -0.15) is 5.10 Å². The molecule has 2 fully saturated rings. The van der Waals surface area contributed by atoms with Crippen LogP contribution in [0.1, 0.15) is 94.9 Å². The van der Waals surface area contributed by atoms with E-state index in [1.54, 1.807) is 6.92 Å². The molecule has 3 heterocycles. The molecular formula is C26H46N6O2. The van der Waals surface area contributed by atoms with Crippen molar-refractivity contribution in [2.45, 2.75) is 123 Å². The number of piperidine rings is 2. The van der Waals surface area contributed by atoms with Crippen molar-refractivity contribution in [3.63, 3.8) is 0 Å². The zero-order valence-corrected chi connectivity index (χ0v) is 23.0. The first-order chi connectivity index (χ1) is 15.5. The van der Waals surface area contributed by atoms with Crippen molar-refractivity contribution in [2.75, 3.05) is 6.61 Å². The van der Waals surface area contributed by atoms with Crippen LogP contribution in [0.15, 0.2) is 15.1 Å². The van der Waals surface area contributed by atoms with Crippen LogP contribution in [-0.4, -0.2) is 63.8 Å². The summed E-state index contributed by atoms with van der Waals surface area (Å²) in [6.07, 6.45) is 4.84. The SMILES string of the molecule is CCOC(=O)C=NN1C(C2CC(C)(C)NC(C)(C)C2)=NC(C2CC(C)(C)NC(C)(C)C2)=NC1C. The van der Waals surface area contributed by atoms with Gasteiger partial charge in [0, 0.05) is 34.0 Å². The molecule has 3 aliphatic heterocycles. The van der Waals surface area contributed by atoms with Gasteiger partial charge in [-0.1, -0.05) is 0 Å². The maximum absolute atomic E-state index is 12.0. The number of ether oxygens (including phenoxy) is 1. The number of rotatable bonds is 5. The first-order valence-electron chi connectivity index (χ1n) is 12.8. The van der Waals surface area contributed by atoms with E-state index in [0.717, 1.165) is 37.4 Å². The van der Waals surface area contributed by atoms with Crippen LogP contribution in [0.3, 0.4) is 0 Å². The molecule has 34 heavy (non-hydrogen) atoms. The average molecular weight is 475 g/mol. The monoisotopic (exact) mass is 474 g/mol. The topological polar surface area (TPSA) is 90.7 Å². The number of carbonyl (C=O) groups excluding carboxylic acids is 1. The molecule has 0 saturated carbocycles. The highest BCUT2D eigenvalue weighted by Gasteiger charge is 2.45. The second-order valence-electron chi connectivity index (χ2n) is 12.9. The fraction of sp³-hybridized carbons (Fsp3) is 0.846. The fourth-order valence-corrected chi connectivity index (χ4v) is 6.56. The van der Waals surface area contributed by atoms with Crippen LogP contribution < -0.4 is 10.6 Å². The van der Waals surface area contributed by atoms with Crippen LogP contribution in [-0.2, 0) is 9.53 Å². The number of nitrogens with zero attached hydrogens (tertiary/aromatic N) is 4. The molecule has 1 unspecified atom stereocenters. The van der Waals surface area contributed by atoms with Crippen molar-refractivity contribution in [2.24, 2.45) is 26.9 Å². The van der Waals surface area contributed by atoms with Crippen LogP contribution in [0.2, 0.25) is 0 Å². The quantitative estimate of drug-likeness (QED) is 0.462. The van der Waals surface area contributed by atoms with Gasteiger partial charge in [0.2, 0.25) is 0 Å². The van der Waals surface area contributed by atoms with Gasteiger partial charge in [-0.3, -0.25) is 0 Å². The Bertz CT molecular complexity index is 839. The molecule has 0 aromatic heterocycles. The van der Waals surface area contributed by atoms with Crippen LogP contribution in [0.25, 0.3) is 0 Å². The first kappa shape index (κ1) is 26.8. The second kappa shape index (κ2) is 9.34. The van der Waals surface area contributed by atoms with E-state index < -0.39 is 5.97 Å². The zero-order valence-electron chi connectivity index (χ0n) is 23.0. The lowest BCUT2D eigenvalue weighted by Crippen LogP contribution is -2.61. The summed E-state index contributed by atoms with van der Waals surface area (Å²) in [6.45, 7) is 22.1. The van der Waals surface area contributed by atoms with Crippen LogP contribution in [0.5, 0.6) is 0 Å². The number of hydrogen-bond donors (Lipinski definition) is 2. The summed E-state index contributed by atoms with van der Waals surface area (Å²) in [5.74, 6) is 1.84. The number of amidine groups is 2. The third kappa shape index (κ3) is 6.66. The Hall–Kier alpha value is -1.80. The highest BCUT2D eigenvalue weighted by atomic mass is 16.5. The molecule has 8 nitrogen and oxygen atoms in total. The Morgan fingerprint density at radius 1 is 0.971 bits per heavy atom. The summed E-state index contributed by atoms with van der Waals surface area (Å²) < 4.78 is 5.07. The minimum Gasteiger partial charge on any atom is -0.462 e. The predicted molar refractivity (Wildman–Crippen MR) is 139 cm³/mol. The van der Waals surface area contributed by atoms with E-state index in [-0.39, 0.29) is 40.2 Å². The lowest BCUT2D eigenvalue weighted by Gasteiger charge is -2.49. The Morgan fingerprint density at radius 2 is 1.44 bits per heavy atom. The Kier molecular flexibility index (Phi) is 7.36. The predicted octanol–water partition coefficient (Wildman–Crippen LogP) is 4.11. The van der Waals surface area contributed by atoms with Crippen molar-refractivity contribution in [1.29, 1.82) is 0 Å². The smallest absolute Gasteiger partial charge is 0.351 e. The van der Waals surface area contributed by atoms with E-state index in [4.69, 9.17) is 14.7 Å². The molecule has 0 aromatic carbocycles. The van der Waals surface area contributed by atoms with Gasteiger partial charge >= 0.3 is 5.97 Å². The van der Waals surface area contributed by atoms with Crippen LogP contribution >= 0.6 is 0 Å². The summed E-state index contributed by atoms with van der Waals surface area (Å²) in [4.78, 5) is 22.3. The summed E-state index contributed by atoms with van der Waals surface area (Å²) in [5.41, 5.74) is -0.0675. The number of esters is 1. The number of nitrogens with one attached hydrogen (secondary N) is 2. The molecule has 0 amide bonds. The Labute approximate surface area is 206 Å². The van der Waals surface area contributed by atoms with Crippen LogP contribution in [0.4, 0.5) is 0 Å². The Morgan fingerprint density at radius 3 is 1.91 bits per heavy atom. The van der Waals surface area contributed by atoms with Gasteiger partial charge in [0.15, 0.2) is 0 Å². The molecule has 0 radical (unpaired) electrons. The van der Waals surface area contributed by atoms with Crippen LogP contribution in [0, 0.1) is 11.8 Å². The van der Waals surface area contributed by atoms with E-state index in [9.17, 15) is 4.79 Å². The van der Waals surface area contributed by atoms with Gasteiger partial charge in [-0.05, 0) is 94.9 Å². The van der Waals surface area contributed by atoms with Gasteiger partial charge in [0.1, 0.15) is 24.1 Å². The number of carbonyl (C=O) groups is 1. The number of aliphatic imine (C=N–C) groups is 2. The molecule has 1 atom stereocenters. The average Bonchev–Trinajstić information content (AvgIpc) is 2.61. The van der Waals surface area contributed by atoms with Crippen molar-refractivity contribution < 1.29 is 9.53 Å². The molecular weight excluding hydrogens is 428 g/mol. The molecule has 0 bridgehead atoms. The normalized spacial score (nSPS) is 29.0. The molecule has 192 valence electrons. The molecule has 8 heteroatoms. The summed E-state index contributed by atoms with van der Waals surface area (Å²) in [5, 5.41) is 13.9. The highest BCUT2D eigenvalue weighted by Crippen LogP contribution is 2.38. The van der Waals surface area contributed by atoms with Crippen molar-refractivity contribution >= 4 is 23.9 Å². The van der Waals surface area contributed by atoms with Crippen molar-refractivity contribution in [3.8, 4) is 0 Å². The Balaban J connectivity index is 2.00. The van der Waals surface area contributed by atoms with Crippen molar-refractivity contribution in [1.82, 2.24) is 15.6 Å². The van der Waals surface area contributed by atoms with Gasteiger partial charge < -0.3 is 15.4 Å². The largest absolute Gasteiger partial charge is 0.462 e. The number of hydrazone groups is 1. The third-order valence-corrected chi connectivity index (χ3v) is 6.82. The minimum absolute atomic E-state index is 0.00575. The summed E-state index contributed by atoms with van der Waals surface area (Å²) in [6, 6.07) is 0. The fourth-order valence-electron chi connectivity index (χ4n) is 6.56. The zero-order chi connectivity index (χ0) is 25.5. The lowest BCUT2D eigenvalue weighted by atomic mass is 9.74. The second-order valence-corrected chi connectivity index (χ2v) is 12.9. The van der Waals surface area contributed by atoms with Gasteiger partial charge in [-0.25, -0.2) is 19.8 Å². The summed E-state index contributed by atoms with van der Waals surface area (Å²) >= 11 is 0. The standard InChI is InChI=1S/C26H46N6O2/c1-11-34-20(33)16-27-32-17(2)28-21(18-12-23(3,4)30-24(5,6)13-18)29-22(32)19-14-25(7,8)31-26(9,10)15-19/h16-19,30-31H,11-15H2,1-10H3. The highest BCUT2D eigenvalue weighted by molar-refractivity contribution is 6.23. The third-order valence-electron chi connectivity index (χ3n) is 6.82. The van der Waals surface area contributed by atoms with Gasteiger partial charge in [0.05, 0.1) is 6.61 Å². The minimum atomic E-state index is -0.448. The van der Waals surface area contributed by atoms with E-state index >= 15 is 0 Å². The number of hydrogen-bond acceptors (Lipinski definition) is 8. The van der Waals surface area contributed by atoms with E-state index in [1.807, 2.05) is 11.9 Å². The van der Waals surface area contributed by atoms with Crippen molar-refractivity contribution in [3.05, 3.63) is 0 Å². The van der Waals surface area contributed by atoms with E-state index in [0.29, 0.717) is 6.61 Å². The molecule has 0 aromatic rings. The first-order valence-corrected chi connectivity index (χ1v) is 12.8.